The Hall–Kier alpha value is -1.07. The lowest BCUT2D eigenvalue weighted by molar-refractivity contribution is 0.193. The van der Waals surface area contributed by atoms with E-state index in [1.54, 1.807) is 14.2 Å². The molecule has 5 nitrogen and oxygen atoms in total. The Morgan fingerprint density at radius 2 is 2.12 bits per heavy atom. The molecule has 0 aromatic carbocycles. The molecule has 0 saturated carbocycles. The van der Waals surface area contributed by atoms with E-state index in [0.717, 1.165) is 26.0 Å². The first-order valence-corrected chi connectivity index (χ1v) is 5.44. The monoisotopic (exact) mass is 245 g/mol. The molecular formula is C10H16ClN3O2. The first kappa shape index (κ1) is 13.0. The van der Waals surface area contributed by atoms with Gasteiger partial charge in [-0.3, -0.25) is 0 Å². The first-order valence-electron chi connectivity index (χ1n) is 5.07. The smallest absolute Gasteiger partial charge is 0.198 e. The van der Waals surface area contributed by atoms with Crippen LogP contribution >= 0.6 is 11.6 Å². The van der Waals surface area contributed by atoms with Crippen LogP contribution in [-0.2, 0) is 4.74 Å². The zero-order valence-electron chi connectivity index (χ0n) is 9.49. The van der Waals surface area contributed by atoms with E-state index in [2.05, 4.69) is 15.3 Å². The van der Waals surface area contributed by atoms with E-state index in [4.69, 9.17) is 21.1 Å². The van der Waals surface area contributed by atoms with Gasteiger partial charge in [0.25, 0.3) is 0 Å². The number of hydrogen-bond donors (Lipinski definition) is 1. The lowest BCUT2D eigenvalue weighted by Gasteiger charge is -2.10. The van der Waals surface area contributed by atoms with Crippen LogP contribution in [0.5, 0.6) is 5.75 Å². The van der Waals surface area contributed by atoms with Crippen LogP contribution in [0.2, 0.25) is 5.15 Å². The average molecular weight is 246 g/mol. The number of aromatic nitrogens is 2. The molecule has 90 valence electrons. The van der Waals surface area contributed by atoms with Gasteiger partial charge in [0, 0.05) is 20.3 Å². The van der Waals surface area contributed by atoms with Crippen molar-refractivity contribution in [3.8, 4) is 5.75 Å². The lowest BCUT2D eigenvalue weighted by atomic mass is 10.3. The fourth-order valence-corrected chi connectivity index (χ4v) is 1.45. The predicted octanol–water partition coefficient (Wildman–Crippen LogP) is 1.98. The van der Waals surface area contributed by atoms with Gasteiger partial charge in [0.05, 0.1) is 7.11 Å². The maximum atomic E-state index is 5.86. The number of hydrogen-bond acceptors (Lipinski definition) is 5. The second-order valence-electron chi connectivity index (χ2n) is 3.17. The van der Waals surface area contributed by atoms with Gasteiger partial charge in [-0.2, -0.15) is 0 Å². The van der Waals surface area contributed by atoms with Gasteiger partial charge in [-0.15, -0.1) is 0 Å². The van der Waals surface area contributed by atoms with Crippen molar-refractivity contribution in [1.82, 2.24) is 9.97 Å². The Kier molecular flexibility index (Phi) is 5.88. The molecule has 1 N–H and O–H groups in total. The highest BCUT2D eigenvalue weighted by Gasteiger charge is 2.08. The van der Waals surface area contributed by atoms with Crippen molar-refractivity contribution in [1.29, 1.82) is 0 Å². The Labute approximate surface area is 100 Å². The molecule has 1 heterocycles. The maximum absolute atomic E-state index is 5.86. The van der Waals surface area contributed by atoms with E-state index in [1.807, 2.05) is 0 Å². The molecule has 0 aliphatic carbocycles. The number of ether oxygens (including phenoxy) is 2. The number of halogens is 1. The normalized spacial score (nSPS) is 10.2. The van der Waals surface area contributed by atoms with Crippen molar-refractivity contribution in [3.05, 3.63) is 11.5 Å². The summed E-state index contributed by atoms with van der Waals surface area (Å²) in [5.41, 5.74) is 0. The van der Waals surface area contributed by atoms with Crippen molar-refractivity contribution in [2.45, 2.75) is 12.8 Å². The largest absolute Gasteiger partial charge is 0.490 e. The predicted molar refractivity (Wildman–Crippen MR) is 63.2 cm³/mol. The van der Waals surface area contributed by atoms with Gasteiger partial charge in [-0.1, -0.05) is 11.6 Å². The van der Waals surface area contributed by atoms with Crippen LogP contribution in [0.3, 0.4) is 0 Å². The van der Waals surface area contributed by atoms with E-state index in [0.29, 0.717) is 16.7 Å². The number of nitrogens with zero attached hydrogens (tertiary/aromatic N) is 2. The van der Waals surface area contributed by atoms with Crippen LogP contribution in [0.25, 0.3) is 0 Å². The van der Waals surface area contributed by atoms with Gasteiger partial charge in [0.15, 0.2) is 16.7 Å². The molecule has 1 aromatic rings. The first-order chi connectivity index (χ1) is 7.79. The van der Waals surface area contributed by atoms with E-state index in [1.165, 1.54) is 6.33 Å². The number of anilines is 1. The highest BCUT2D eigenvalue weighted by molar-refractivity contribution is 6.31. The molecule has 0 radical (unpaired) electrons. The van der Waals surface area contributed by atoms with Gasteiger partial charge in [-0.05, 0) is 12.8 Å². The third-order valence-electron chi connectivity index (χ3n) is 2.03. The minimum atomic E-state index is 0.317. The summed E-state index contributed by atoms with van der Waals surface area (Å²) < 4.78 is 10.1. The van der Waals surface area contributed by atoms with Gasteiger partial charge in [-0.25, -0.2) is 9.97 Å². The zero-order valence-corrected chi connectivity index (χ0v) is 10.3. The Morgan fingerprint density at radius 1 is 1.31 bits per heavy atom. The van der Waals surface area contributed by atoms with E-state index >= 15 is 0 Å². The summed E-state index contributed by atoms with van der Waals surface area (Å²) in [7, 11) is 3.24. The SMILES string of the molecule is COCCCCNc1ncnc(Cl)c1OC. The second-order valence-corrected chi connectivity index (χ2v) is 3.53. The summed E-state index contributed by atoms with van der Waals surface area (Å²) in [5.74, 6) is 1.11. The van der Waals surface area contributed by atoms with Crippen molar-refractivity contribution in [2.24, 2.45) is 0 Å². The average Bonchev–Trinajstić information content (AvgIpc) is 2.29. The standard InChI is InChI=1S/C10H16ClN3O2/c1-15-6-4-3-5-12-10-8(16-2)9(11)13-7-14-10/h7H,3-6H2,1-2H3,(H,12,13,14). The molecule has 0 unspecified atom stereocenters. The molecule has 0 saturated heterocycles. The number of unbranched alkanes of at least 4 members (excludes halogenated alkanes) is 1. The molecule has 1 aromatic heterocycles. The topological polar surface area (TPSA) is 56.3 Å². The molecule has 0 aliphatic heterocycles. The van der Waals surface area contributed by atoms with Gasteiger partial charge in [0.1, 0.15) is 6.33 Å². The summed E-state index contributed by atoms with van der Waals surface area (Å²) in [5, 5.41) is 3.46. The molecule has 6 heteroatoms. The Balaban J connectivity index is 2.44. The molecule has 0 amide bonds. The molecule has 16 heavy (non-hydrogen) atoms. The summed E-state index contributed by atoms with van der Waals surface area (Å²) in [6, 6.07) is 0. The molecular weight excluding hydrogens is 230 g/mol. The molecule has 0 bridgehead atoms. The highest BCUT2D eigenvalue weighted by Crippen LogP contribution is 2.28. The van der Waals surface area contributed by atoms with Crippen LogP contribution in [0.1, 0.15) is 12.8 Å². The van der Waals surface area contributed by atoms with Gasteiger partial charge >= 0.3 is 0 Å². The fraction of sp³-hybridized carbons (Fsp3) is 0.600. The van der Waals surface area contributed by atoms with E-state index < -0.39 is 0 Å². The summed E-state index contributed by atoms with van der Waals surface area (Å²) in [4.78, 5) is 7.90. The minimum Gasteiger partial charge on any atom is -0.490 e. The lowest BCUT2D eigenvalue weighted by Crippen LogP contribution is -2.06. The highest BCUT2D eigenvalue weighted by atomic mass is 35.5. The molecule has 0 atom stereocenters. The minimum absolute atomic E-state index is 0.317. The Bertz CT molecular complexity index is 323. The van der Waals surface area contributed by atoms with Gasteiger partial charge in [0.2, 0.25) is 0 Å². The Morgan fingerprint density at radius 3 is 2.81 bits per heavy atom. The van der Waals surface area contributed by atoms with Crippen molar-refractivity contribution in [3.63, 3.8) is 0 Å². The van der Waals surface area contributed by atoms with Crippen LogP contribution < -0.4 is 10.1 Å². The number of rotatable bonds is 7. The van der Waals surface area contributed by atoms with Crippen LogP contribution in [0.4, 0.5) is 5.82 Å². The quantitative estimate of drug-likeness (QED) is 0.588. The third kappa shape index (κ3) is 3.83. The van der Waals surface area contributed by atoms with Gasteiger partial charge < -0.3 is 14.8 Å². The van der Waals surface area contributed by atoms with Crippen LogP contribution in [-0.4, -0.2) is 37.3 Å². The molecule has 0 fully saturated rings. The van der Waals surface area contributed by atoms with Crippen molar-refractivity contribution < 1.29 is 9.47 Å². The summed E-state index contributed by atoms with van der Waals surface area (Å²) in [6.45, 7) is 1.57. The van der Waals surface area contributed by atoms with E-state index in [9.17, 15) is 0 Å². The van der Waals surface area contributed by atoms with Crippen LogP contribution in [0, 0.1) is 0 Å². The maximum Gasteiger partial charge on any atom is 0.198 e. The fourth-order valence-electron chi connectivity index (χ4n) is 1.24. The summed E-state index contributed by atoms with van der Waals surface area (Å²) >= 11 is 5.86. The summed E-state index contributed by atoms with van der Waals surface area (Å²) in [6.07, 6.45) is 3.41. The zero-order chi connectivity index (χ0) is 11.8. The van der Waals surface area contributed by atoms with E-state index in [-0.39, 0.29) is 0 Å². The third-order valence-corrected chi connectivity index (χ3v) is 2.30. The van der Waals surface area contributed by atoms with Crippen molar-refractivity contribution in [2.75, 3.05) is 32.7 Å². The number of nitrogens with one attached hydrogen (secondary N) is 1. The second kappa shape index (κ2) is 7.24. The molecule has 1 rings (SSSR count). The van der Waals surface area contributed by atoms with Crippen molar-refractivity contribution >= 4 is 17.4 Å². The number of methoxy groups -OCH3 is 2. The molecule has 0 aliphatic rings. The van der Waals surface area contributed by atoms with Crippen LogP contribution in [0.15, 0.2) is 6.33 Å². The molecule has 0 spiro atoms.